The first kappa shape index (κ1) is 20.3. The highest BCUT2D eigenvalue weighted by atomic mass is 16.7. The van der Waals surface area contributed by atoms with E-state index < -0.39 is 74.6 Å². The number of ketones is 1. The van der Waals surface area contributed by atoms with Gasteiger partial charge in [-0.15, -0.1) is 0 Å². The van der Waals surface area contributed by atoms with E-state index in [9.17, 15) is 30.3 Å². The number of rotatable bonds is 8. The Hall–Kier alpha value is -0.730. The van der Waals surface area contributed by atoms with Crippen LogP contribution in [0.4, 0.5) is 0 Å². The molecule has 136 valence electrons. The lowest BCUT2D eigenvalue weighted by atomic mass is 9.99. The highest BCUT2D eigenvalue weighted by Gasteiger charge is 2.44. The molecule has 0 aromatic rings. The van der Waals surface area contributed by atoms with Gasteiger partial charge in [-0.1, -0.05) is 0 Å². The van der Waals surface area contributed by atoms with E-state index in [1.807, 2.05) is 0 Å². The fourth-order valence-electron chi connectivity index (χ4n) is 1.96. The van der Waals surface area contributed by atoms with E-state index in [2.05, 4.69) is 0 Å². The molecule has 0 saturated carbocycles. The molecule has 0 radical (unpaired) electrons. The summed E-state index contributed by atoms with van der Waals surface area (Å²) in [7, 11) is 0. The lowest BCUT2D eigenvalue weighted by Crippen LogP contribution is -2.59. The Kier molecular flexibility index (Phi) is 7.89. The zero-order valence-electron chi connectivity index (χ0n) is 12.0. The smallest absolute Gasteiger partial charge is 0.189 e. The van der Waals surface area contributed by atoms with E-state index in [4.69, 9.17) is 24.8 Å². The Morgan fingerprint density at radius 2 is 1.65 bits per heavy atom. The van der Waals surface area contributed by atoms with Crippen molar-refractivity contribution < 1.29 is 55.1 Å². The number of carbonyl (C=O) groups excluding carboxylic acids is 1. The third-order valence-corrected chi connectivity index (χ3v) is 3.47. The largest absolute Gasteiger partial charge is 0.394 e. The monoisotopic (exact) mass is 342 g/mol. The van der Waals surface area contributed by atoms with Gasteiger partial charge in [-0.3, -0.25) is 4.79 Å². The van der Waals surface area contributed by atoms with Gasteiger partial charge in [-0.25, -0.2) is 0 Å². The molecule has 0 amide bonds. The third-order valence-electron chi connectivity index (χ3n) is 3.47. The minimum absolute atomic E-state index is 0.678. The van der Waals surface area contributed by atoms with Crippen LogP contribution >= 0.6 is 0 Å². The van der Waals surface area contributed by atoms with Gasteiger partial charge in [0.2, 0.25) is 0 Å². The van der Waals surface area contributed by atoms with Crippen molar-refractivity contribution in [3.63, 3.8) is 0 Å². The predicted octanol–water partition coefficient (Wildman–Crippen LogP) is -5.55. The van der Waals surface area contributed by atoms with Crippen molar-refractivity contribution in [3.05, 3.63) is 0 Å². The molecular weight excluding hydrogens is 320 g/mol. The molecule has 11 nitrogen and oxygen atoms in total. The Balaban J connectivity index is 2.57. The van der Waals surface area contributed by atoms with Crippen molar-refractivity contribution in [2.45, 2.75) is 49.0 Å². The molecule has 0 spiro atoms. The zero-order chi connectivity index (χ0) is 17.7. The van der Waals surface area contributed by atoms with Gasteiger partial charge >= 0.3 is 0 Å². The Labute approximate surface area is 130 Å². The number of aliphatic hydroxyl groups excluding tert-OH is 8. The van der Waals surface area contributed by atoms with Gasteiger partial charge in [0, 0.05) is 0 Å². The number of hydrogen-bond acceptors (Lipinski definition) is 11. The second kappa shape index (κ2) is 8.94. The van der Waals surface area contributed by atoms with Crippen LogP contribution < -0.4 is 0 Å². The number of Topliss-reactive ketones (excluding diaryl/α,β-unsaturated/α-hetero) is 1. The van der Waals surface area contributed by atoms with Crippen LogP contribution in [0, 0.1) is 0 Å². The van der Waals surface area contributed by atoms with Crippen molar-refractivity contribution in [1.82, 2.24) is 0 Å². The van der Waals surface area contributed by atoms with E-state index in [1.165, 1.54) is 0 Å². The van der Waals surface area contributed by atoms with Gasteiger partial charge in [-0.2, -0.15) is 0 Å². The molecule has 11 heteroatoms. The second-order valence-electron chi connectivity index (χ2n) is 5.16. The fourth-order valence-corrected chi connectivity index (χ4v) is 1.96. The first-order valence-electron chi connectivity index (χ1n) is 6.84. The average Bonchev–Trinajstić information content (AvgIpc) is 2.56. The molecule has 1 aliphatic rings. The summed E-state index contributed by atoms with van der Waals surface area (Å²) in [4.78, 5) is 11.6. The molecule has 8 N–H and O–H groups in total. The number of carbonyl (C=O) groups is 1. The lowest BCUT2D eigenvalue weighted by Gasteiger charge is -2.39. The van der Waals surface area contributed by atoms with Crippen LogP contribution in [0.1, 0.15) is 0 Å². The number of hydrogen-bond donors (Lipinski definition) is 8. The fraction of sp³-hybridized carbons (Fsp3) is 0.917. The summed E-state index contributed by atoms with van der Waals surface area (Å²) in [5.74, 6) is -1.08. The summed E-state index contributed by atoms with van der Waals surface area (Å²) < 4.78 is 9.85. The van der Waals surface area contributed by atoms with Crippen LogP contribution in [0.3, 0.4) is 0 Å². The molecule has 0 aromatic carbocycles. The normalized spacial score (nSPS) is 35.6. The topological polar surface area (TPSA) is 197 Å². The average molecular weight is 342 g/mol. The van der Waals surface area contributed by atoms with Crippen molar-refractivity contribution in [2.75, 3.05) is 19.8 Å². The molecule has 23 heavy (non-hydrogen) atoms. The molecule has 1 aliphatic heterocycles. The van der Waals surface area contributed by atoms with Crippen molar-refractivity contribution in [2.24, 2.45) is 0 Å². The summed E-state index contributed by atoms with van der Waals surface area (Å²) in [5, 5.41) is 74.4. The molecule has 1 rings (SSSR count). The second-order valence-corrected chi connectivity index (χ2v) is 5.16. The summed E-state index contributed by atoms with van der Waals surface area (Å²) >= 11 is 0. The Bertz CT molecular complexity index is 376. The van der Waals surface area contributed by atoms with Crippen LogP contribution in [0.5, 0.6) is 0 Å². The minimum Gasteiger partial charge on any atom is -0.394 e. The highest BCUT2D eigenvalue weighted by molar-refractivity contribution is 5.84. The molecule has 0 aliphatic carbocycles. The third kappa shape index (κ3) is 4.87. The molecule has 1 fully saturated rings. The highest BCUT2D eigenvalue weighted by Crippen LogP contribution is 2.22. The molecular formula is C12H22O11. The summed E-state index contributed by atoms with van der Waals surface area (Å²) in [6, 6.07) is 0. The maximum Gasteiger partial charge on any atom is 0.189 e. The molecule has 0 unspecified atom stereocenters. The first-order chi connectivity index (χ1) is 10.7. The maximum absolute atomic E-state index is 11.6. The molecule has 1 saturated heterocycles. The van der Waals surface area contributed by atoms with Gasteiger partial charge in [0.25, 0.3) is 0 Å². The van der Waals surface area contributed by atoms with Gasteiger partial charge < -0.3 is 50.3 Å². The van der Waals surface area contributed by atoms with E-state index in [1.54, 1.807) is 0 Å². The number of aliphatic hydroxyl groups is 8. The molecule has 8 atom stereocenters. The van der Waals surface area contributed by atoms with Crippen LogP contribution in [-0.2, 0) is 14.3 Å². The SMILES string of the molecule is O=C(CO[C@H]1O[C@H](CO)[C@H](O)[C@H](O)[C@H]1O)[C@H](O)[C@H](O)[C@@H](O)CO. The van der Waals surface area contributed by atoms with E-state index in [0.29, 0.717) is 0 Å². The minimum atomic E-state index is -2.05. The van der Waals surface area contributed by atoms with E-state index >= 15 is 0 Å². The Morgan fingerprint density at radius 3 is 2.17 bits per heavy atom. The van der Waals surface area contributed by atoms with Gasteiger partial charge in [0.15, 0.2) is 12.1 Å². The van der Waals surface area contributed by atoms with E-state index in [0.717, 1.165) is 0 Å². The number of ether oxygens (including phenoxy) is 2. The molecule has 0 aromatic heterocycles. The van der Waals surface area contributed by atoms with Crippen molar-refractivity contribution >= 4 is 5.78 Å². The van der Waals surface area contributed by atoms with Crippen molar-refractivity contribution in [3.8, 4) is 0 Å². The predicted molar refractivity (Wildman–Crippen MR) is 69.8 cm³/mol. The van der Waals surface area contributed by atoms with Crippen LogP contribution in [0.25, 0.3) is 0 Å². The maximum atomic E-state index is 11.6. The zero-order valence-corrected chi connectivity index (χ0v) is 12.0. The standard InChI is InChI=1S/C12H22O11/c13-1-4(15)7(17)8(18)5(16)3-22-12-11(21)10(20)9(19)6(2-14)23-12/h4,6-15,17-21H,1-3H2/t4-,6+,7+,8-,9-,10-,11+,12-/m0/s1. The van der Waals surface area contributed by atoms with Crippen LogP contribution in [-0.4, -0.2) is 115 Å². The Morgan fingerprint density at radius 1 is 1.04 bits per heavy atom. The first-order valence-corrected chi connectivity index (χ1v) is 6.84. The van der Waals surface area contributed by atoms with E-state index in [-0.39, 0.29) is 0 Å². The lowest BCUT2D eigenvalue weighted by molar-refractivity contribution is -0.299. The summed E-state index contributed by atoms with van der Waals surface area (Å²) in [6.07, 6.45) is -13.5. The molecule has 0 bridgehead atoms. The van der Waals surface area contributed by atoms with Crippen LogP contribution in [0.15, 0.2) is 0 Å². The van der Waals surface area contributed by atoms with Gasteiger partial charge in [0.05, 0.1) is 13.2 Å². The quantitative estimate of drug-likeness (QED) is 0.209. The van der Waals surface area contributed by atoms with Crippen LogP contribution in [0.2, 0.25) is 0 Å². The summed E-state index contributed by atoms with van der Waals surface area (Å²) in [5.41, 5.74) is 0. The van der Waals surface area contributed by atoms with Gasteiger partial charge in [-0.05, 0) is 0 Å². The molecule has 1 heterocycles. The van der Waals surface area contributed by atoms with Gasteiger partial charge in [0.1, 0.15) is 49.3 Å². The summed E-state index contributed by atoms with van der Waals surface area (Å²) in [6.45, 7) is -2.42. The van der Waals surface area contributed by atoms with Crippen molar-refractivity contribution in [1.29, 1.82) is 0 Å².